The van der Waals surface area contributed by atoms with Crippen LogP contribution in [0.15, 0.2) is 6.07 Å². The number of anilines is 2. The summed E-state index contributed by atoms with van der Waals surface area (Å²) in [5.74, 6) is 1.06. The number of aromatic nitrogens is 2. The maximum Gasteiger partial charge on any atom is 0.223 e. The smallest absolute Gasteiger partial charge is 0.223 e. The molecular weight excluding hydrogens is 266 g/mol. The number of nitrogens with zero attached hydrogens (tertiary/aromatic N) is 4. The predicted octanol–water partition coefficient (Wildman–Crippen LogP) is 0.623. The van der Waals surface area contributed by atoms with Crippen LogP contribution in [0.5, 0.6) is 0 Å². The number of ether oxygens (including phenoxy) is 1. The summed E-state index contributed by atoms with van der Waals surface area (Å²) < 4.78 is 5.39. The van der Waals surface area contributed by atoms with Crippen LogP contribution in [-0.2, 0) is 4.74 Å². The quantitative estimate of drug-likeness (QED) is 0.803. The highest BCUT2D eigenvalue weighted by molar-refractivity contribution is 6.29. The van der Waals surface area contributed by atoms with Gasteiger partial charge in [-0.25, -0.2) is 4.98 Å². The first-order valence-electron chi connectivity index (χ1n) is 6.59. The van der Waals surface area contributed by atoms with Gasteiger partial charge in [-0.15, -0.1) is 0 Å². The Morgan fingerprint density at radius 3 is 2.79 bits per heavy atom. The van der Waals surface area contributed by atoms with Crippen molar-refractivity contribution in [3.8, 4) is 0 Å². The van der Waals surface area contributed by atoms with Crippen LogP contribution in [0, 0.1) is 0 Å². The van der Waals surface area contributed by atoms with E-state index in [4.69, 9.17) is 22.1 Å². The molecule has 3 rings (SSSR count). The zero-order valence-electron chi connectivity index (χ0n) is 10.8. The van der Waals surface area contributed by atoms with Crippen molar-refractivity contribution in [3.05, 3.63) is 11.2 Å². The van der Waals surface area contributed by atoms with Gasteiger partial charge in [0.05, 0.1) is 13.2 Å². The number of rotatable bonds is 2. The van der Waals surface area contributed by atoms with E-state index < -0.39 is 0 Å². The first-order chi connectivity index (χ1) is 9.22. The van der Waals surface area contributed by atoms with E-state index in [0.29, 0.717) is 11.2 Å². The Morgan fingerprint density at radius 2 is 2.05 bits per heavy atom. The van der Waals surface area contributed by atoms with E-state index in [0.717, 1.165) is 51.6 Å². The summed E-state index contributed by atoms with van der Waals surface area (Å²) >= 11 is 5.93. The molecule has 0 aliphatic carbocycles. The van der Waals surface area contributed by atoms with Gasteiger partial charge in [0.25, 0.3) is 0 Å². The van der Waals surface area contributed by atoms with Crippen LogP contribution in [0.4, 0.5) is 11.8 Å². The summed E-state index contributed by atoms with van der Waals surface area (Å²) in [6.45, 7) is 5.66. The van der Waals surface area contributed by atoms with Crippen molar-refractivity contribution >= 4 is 23.4 Å². The first kappa shape index (κ1) is 12.9. The monoisotopic (exact) mass is 283 g/mol. The molecule has 2 saturated heterocycles. The third kappa shape index (κ3) is 2.91. The summed E-state index contributed by atoms with van der Waals surface area (Å²) in [6.07, 6.45) is 1.14. The number of hydrogen-bond donors (Lipinski definition) is 1. The van der Waals surface area contributed by atoms with E-state index in [2.05, 4.69) is 19.8 Å². The van der Waals surface area contributed by atoms with Gasteiger partial charge >= 0.3 is 0 Å². The van der Waals surface area contributed by atoms with E-state index in [9.17, 15) is 0 Å². The zero-order valence-corrected chi connectivity index (χ0v) is 11.5. The molecular formula is C12H18ClN5O. The van der Waals surface area contributed by atoms with Gasteiger partial charge in [-0.05, 0) is 6.42 Å². The van der Waals surface area contributed by atoms with Crippen LogP contribution in [0.25, 0.3) is 0 Å². The van der Waals surface area contributed by atoms with Crippen LogP contribution in [-0.4, -0.2) is 60.3 Å². The highest BCUT2D eigenvalue weighted by Gasteiger charge is 2.29. The van der Waals surface area contributed by atoms with Crippen molar-refractivity contribution in [2.45, 2.75) is 12.5 Å². The second kappa shape index (κ2) is 5.48. The lowest BCUT2D eigenvalue weighted by molar-refractivity contribution is 0.0209. The normalized spacial score (nSPS) is 24.9. The molecule has 0 radical (unpaired) electrons. The molecule has 6 nitrogen and oxygen atoms in total. The second-order valence-electron chi connectivity index (χ2n) is 4.94. The molecule has 1 unspecified atom stereocenters. The van der Waals surface area contributed by atoms with Gasteiger partial charge in [0.15, 0.2) is 0 Å². The fourth-order valence-corrected chi connectivity index (χ4v) is 2.96. The van der Waals surface area contributed by atoms with Crippen molar-refractivity contribution in [3.63, 3.8) is 0 Å². The molecule has 2 aliphatic rings. The van der Waals surface area contributed by atoms with Crippen LogP contribution in [0.3, 0.4) is 0 Å². The van der Waals surface area contributed by atoms with E-state index in [1.165, 1.54) is 0 Å². The summed E-state index contributed by atoms with van der Waals surface area (Å²) in [5.41, 5.74) is 5.64. The minimum atomic E-state index is 0.234. The molecule has 104 valence electrons. The molecule has 0 bridgehead atoms. The molecule has 3 heterocycles. The van der Waals surface area contributed by atoms with Crippen LogP contribution < -0.4 is 10.6 Å². The number of halogens is 1. The highest BCUT2D eigenvalue weighted by Crippen LogP contribution is 2.24. The van der Waals surface area contributed by atoms with Crippen molar-refractivity contribution in [1.82, 2.24) is 14.9 Å². The van der Waals surface area contributed by atoms with Crippen LogP contribution in [0.2, 0.25) is 5.15 Å². The minimum Gasteiger partial charge on any atom is -0.379 e. The molecule has 7 heteroatoms. The molecule has 19 heavy (non-hydrogen) atoms. The van der Waals surface area contributed by atoms with Gasteiger partial charge in [0.1, 0.15) is 11.0 Å². The molecule has 0 aromatic carbocycles. The fraction of sp³-hybridized carbons (Fsp3) is 0.667. The van der Waals surface area contributed by atoms with E-state index in [1.54, 1.807) is 6.07 Å². The molecule has 2 N–H and O–H groups in total. The number of hydrogen-bond acceptors (Lipinski definition) is 6. The number of morpholine rings is 1. The molecule has 2 fully saturated rings. The average molecular weight is 284 g/mol. The van der Waals surface area contributed by atoms with Crippen molar-refractivity contribution in [2.75, 3.05) is 50.0 Å². The maximum absolute atomic E-state index is 5.93. The van der Waals surface area contributed by atoms with E-state index in [-0.39, 0.29) is 5.95 Å². The van der Waals surface area contributed by atoms with Crippen LogP contribution >= 0.6 is 11.6 Å². The highest BCUT2D eigenvalue weighted by atomic mass is 35.5. The van der Waals surface area contributed by atoms with Gasteiger partial charge in [-0.3, -0.25) is 4.90 Å². The van der Waals surface area contributed by atoms with Crippen molar-refractivity contribution in [2.24, 2.45) is 0 Å². The third-order valence-corrected chi connectivity index (χ3v) is 3.94. The van der Waals surface area contributed by atoms with Gasteiger partial charge in [0.2, 0.25) is 5.95 Å². The predicted molar refractivity (Wildman–Crippen MR) is 74.5 cm³/mol. The molecule has 1 atom stereocenters. The molecule has 0 spiro atoms. The summed E-state index contributed by atoms with van der Waals surface area (Å²) in [7, 11) is 0. The van der Waals surface area contributed by atoms with Crippen molar-refractivity contribution < 1.29 is 4.74 Å². The lowest BCUT2D eigenvalue weighted by Gasteiger charge is -2.32. The largest absolute Gasteiger partial charge is 0.379 e. The van der Waals surface area contributed by atoms with Gasteiger partial charge in [0, 0.05) is 38.3 Å². The van der Waals surface area contributed by atoms with Gasteiger partial charge < -0.3 is 15.4 Å². The Labute approximate surface area is 117 Å². The Balaban J connectivity index is 1.67. The molecule has 1 aromatic heterocycles. The Hall–Kier alpha value is -1.11. The molecule has 0 amide bonds. The molecule has 1 aromatic rings. The van der Waals surface area contributed by atoms with E-state index >= 15 is 0 Å². The van der Waals surface area contributed by atoms with E-state index in [1.807, 2.05) is 0 Å². The number of nitrogens with two attached hydrogens (primary N) is 1. The Kier molecular flexibility index (Phi) is 3.72. The fourth-order valence-electron chi connectivity index (χ4n) is 2.78. The van der Waals surface area contributed by atoms with Crippen molar-refractivity contribution in [1.29, 1.82) is 0 Å². The van der Waals surface area contributed by atoms with Crippen LogP contribution in [0.1, 0.15) is 6.42 Å². The summed E-state index contributed by atoms with van der Waals surface area (Å²) in [5, 5.41) is 0.400. The average Bonchev–Trinajstić information content (AvgIpc) is 2.88. The Bertz CT molecular complexity index is 431. The lowest BCUT2D eigenvalue weighted by atomic mass is 10.2. The summed E-state index contributed by atoms with van der Waals surface area (Å²) in [4.78, 5) is 12.9. The summed E-state index contributed by atoms with van der Waals surface area (Å²) in [6, 6.07) is 2.35. The van der Waals surface area contributed by atoms with Gasteiger partial charge in [-0.2, -0.15) is 4.98 Å². The molecule has 0 saturated carbocycles. The molecule has 2 aliphatic heterocycles. The number of nitrogen functional groups attached to an aromatic ring is 1. The first-order valence-corrected chi connectivity index (χ1v) is 6.97. The second-order valence-corrected chi connectivity index (χ2v) is 5.33. The maximum atomic E-state index is 5.93. The lowest BCUT2D eigenvalue weighted by Crippen LogP contribution is -2.44. The topological polar surface area (TPSA) is 67.5 Å². The SMILES string of the molecule is Nc1nc(Cl)cc(N2CCC(N3CCOCC3)C2)n1. The standard InChI is InChI=1S/C12H18ClN5O/c13-10-7-11(16-12(14)15-10)18-2-1-9(8-18)17-3-5-19-6-4-17/h7,9H,1-6,8H2,(H2,14,15,16). The minimum absolute atomic E-state index is 0.234. The third-order valence-electron chi connectivity index (χ3n) is 3.75. The Morgan fingerprint density at radius 1 is 1.26 bits per heavy atom. The zero-order chi connectivity index (χ0) is 13.2. The van der Waals surface area contributed by atoms with Gasteiger partial charge in [-0.1, -0.05) is 11.6 Å².